The molecule has 7 heteroatoms. The third kappa shape index (κ3) is 4.69. The minimum Gasteiger partial charge on any atom is -0.352 e. The van der Waals surface area contributed by atoms with Gasteiger partial charge in [0.15, 0.2) is 0 Å². The Hall–Kier alpha value is -1.11. The van der Waals surface area contributed by atoms with E-state index in [9.17, 15) is 13.2 Å². The lowest BCUT2D eigenvalue weighted by atomic mass is 10.2. The van der Waals surface area contributed by atoms with Crippen molar-refractivity contribution >= 4 is 27.5 Å². The Bertz CT molecular complexity index is 604. The third-order valence-electron chi connectivity index (χ3n) is 3.48. The summed E-state index contributed by atoms with van der Waals surface area (Å²) < 4.78 is 25.0. The van der Waals surface area contributed by atoms with Crippen molar-refractivity contribution < 1.29 is 13.2 Å². The van der Waals surface area contributed by atoms with Crippen molar-refractivity contribution in [3.05, 3.63) is 34.9 Å². The van der Waals surface area contributed by atoms with Crippen LogP contribution in [0, 0.1) is 0 Å². The fraction of sp³-hybridized carbons (Fsp3) is 0.500. The SMILES string of the molecule is O=C(CCN1CCCCS1(=O)=O)NCc1ccccc1Cl. The highest BCUT2D eigenvalue weighted by Crippen LogP contribution is 2.15. The Labute approximate surface area is 130 Å². The van der Waals surface area contributed by atoms with E-state index in [4.69, 9.17) is 11.6 Å². The van der Waals surface area contributed by atoms with Gasteiger partial charge >= 0.3 is 0 Å². The summed E-state index contributed by atoms with van der Waals surface area (Å²) in [5.74, 6) is 0.0181. The van der Waals surface area contributed by atoms with Gasteiger partial charge < -0.3 is 5.32 Å². The predicted octanol–water partition coefficient (Wildman–Crippen LogP) is 1.77. The molecule has 0 atom stereocenters. The van der Waals surface area contributed by atoms with Crippen LogP contribution in [-0.4, -0.2) is 37.5 Å². The molecule has 1 amide bonds. The van der Waals surface area contributed by atoms with Gasteiger partial charge in [-0.3, -0.25) is 4.79 Å². The van der Waals surface area contributed by atoms with Crippen molar-refractivity contribution in [3.63, 3.8) is 0 Å². The highest BCUT2D eigenvalue weighted by molar-refractivity contribution is 7.89. The zero-order valence-electron chi connectivity index (χ0n) is 11.7. The number of halogens is 1. The first-order valence-corrected chi connectivity index (χ1v) is 8.96. The van der Waals surface area contributed by atoms with Gasteiger partial charge in [0.05, 0.1) is 5.75 Å². The molecule has 1 heterocycles. The smallest absolute Gasteiger partial charge is 0.221 e. The molecule has 0 spiro atoms. The summed E-state index contributed by atoms with van der Waals surface area (Å²) in [6.07, 6.45) is 1.74. The molecule has 5 nitrogen and oxygen atoms in total. The van der Waals surface area contributed by atoms with E-state index < -0.39 is 10.0 Å². The molecule has 21 heavy (non-hydrogen) atoms. The Morgan fingerprint density at radius 1 is 1.29 bits per heavy atom. The van der Waals surface area contributed by atoms with Gasteiger partial charge in [0.1, 0.15) is 0 Å². The first-order chi connectivity index (χ1) is 9.99. The summed E-state index contributed by atoms with van der Waals surface area (Å²) in [5, 5.41) is 3.37. The Balaban J connectivity index is 1.79. The van der Waals surface area contributed by atoms with Crippen molar-refractivity contribution in [2.45, 2.75) is 25.8 Å². The van der Waals surface area contributed by atoms with Crippen LogP contribution in [-0.2, 0) is 21.4 Å². The summed E-state index contributed by atoms with van der Waals surface area (Å²) in [4.78, 5) is 11.8. The van der Waals surface area contributed by atoms with E-state index in [-0.39, 0.29) is 24.6 Å². The molecule has 0 bridgehead atoms. The average molecular weight is 331 g/mol. The van der Waals surface area contributed by atoms with Crippen LogP contribution in [0.2, 0.25) is 5.02 Å². The number of carbonyl (C=O) groups is 1. The largest absolute Gasteiger partial charge is 0.352 e. The molecule has 0 saturated carbocycles. The van der Waals surface area contributed by atoms with E-state index in [1.165, 1.54) is 4.31 Å². The second-order valence-corrected chi connectivity index (χ2v) is 7.54. The van der Waals surface area contributed by atoms with Crippen LogP contribution in [0.15, 0.2) is 24.3 Å². The van der Waals surface area contributed by atoms with Gasteiger partial charge in [-0.2, -0.15) is 0 Å². The number of nitrogens with one attached hydrogen (secondary N) is 1. The highest BCUT2D eigenvalue weighted by atomic mass is 35.5. The van der Waals surface area contributed by atoms with E-state index >= 15 is 0 Å². The van der Waals surface area contributed by atoms with Gasteiger partial charge in [-0.1, -0.05) is 29.8 Å². The molecule has 0 unspecified atom stereocenters. The molecule has 1 saturated heterocycles. The van der Waals surface area contributed by atoms with Crippen LogP contribution in [0.5, 0.6) is 0 Å². The quantitative estimate of drug-likeness (QED) is 0.894. The number of hydrogen-bond donors (Lipinski definition) is 1. The molecule has 1 aromatic carbocycles. The van der Waals surface area contributed by atoms with Gasteiger partial charge in [0.25, 0.3) is 0 Å². The van der Waals surface area contributed by atoms with Crippen LogP contribution in [0.3, 0.4) is 0 Å². The molecule has 116 valence electrons. The Kier molecular flexibility index (Phi) is 5.61. The highest BCUT2D eigenvalue weighted by Gasteiger charge is 2.25. The Morgan fingerprint density at radius 2 is 2.05 bits per heavy atom. The minimum absolute atomic E-state index is 0.170. The zero-order chi connectivity index (χ0) is 15.3. The maximum Gasteiger partial charge on any atom is 0.221 e. The molecule has 1 aliphatic rings. The number of carbonyl (C=O) groups excluding carboxylic acids is 1. The standard InChI is InChI=1S/C14H19ClN2O3S/c15-13-6-2-1-5-12(13)11-16-14(18)7-9-17-8-3-4-10-21(17,19)20/h1-2,5-6H,3-4,7-11H2,(H,16,18). The van der Waals surface area contributed by atoms with Crippen molar-refractivity contribution in [2.75, 3.05) is 18.8 Å². The predicted molar refractivity (Wildman–Crippen MR) is 82.5 cm³/mol. The number of amides is 1. The molecule has 1 fully saturated rings. The molecular weight excluding hydrogens is 312 g/mol. The average Bonchev–Trinajstić information content (AvgIpc) is 2.45. The van der Waals surface area contributed by atoms with E-state index in [1.807, 2.05) is 18.2 Å². The van der Waals surface area contributed by atoms with Crippen molar-refractivity contribution in [3.8, 4) is 0 Å². The van der Waals surface area contributed by atoms with Gasteiger partial charge in [0.2, 0.25) is 15.9 Å². The second-order valence-electron chi connectivity index (χ2n) is 5.04. The summed E-state index contributed by atoms with van der Waals surface area (Å²) in [6, 6.07) is 7.30. The van der Waals surface area contributed by atoms with Gasteiger partial charge in [-0.15, -0.1) is 0 Å². The summed E-state index contributed by atoms with van der Waals surface area (Å²) in [6.45, 7) is 1.11. The van der Waals surface area contributed by atoms with E-state index in [0.717, 1.165) is 12.0 Å². The van der Waals surface area contributed by atoms with Crippen LogP contribution < -0.4 is 5.32 Å². The van der Waals surface area contributed by atoms with E-state index in [0.29, 0.717) is 24.5 Å². The zero-order valence-corrected chi connectivity index (χ0v) is 13.3. The molecule has 0 radical (unpaired) electrons. The van der Waals surface area contributed by atoms with Gasteiger partial charge in [-0.05, 0) is 24.5 Å². The number of hydrogen-bond acceptors (Lipinski definition) is 3. The van der Waals surface area contributed by atoms with Crippen molar-refractivity contribution in [2.24, 2.45) is 0 Å². The maximum atomic E-state index is 11.8. The van der Waals surface area contributed by atoms with Crippen molar-refractivity contribution in [1.29, 1.82) is 0 Å². The lowest BCUT2D eigenvalue weighted by Gasteiger charge is -2.25. The number of sulfonamides is 1. The molecule has 1 aromatic rings. The molecule has 1 N–H and O–H groups in total. The molecular formula is C14H19ClN2O3S. The van der Waals surface area contributed by atoms with E-state index in [2.05, 4.69) is 5.32 Å². The fourth-order valence-electron chi connectivity index (χ4n) is 2.24. The van der Waals surface area contributed by atoms with Crippen molar-refractivity contribution in [1.82, 2.24) is 9.62 Å². The lowest BCUT2D eigenvalue weighted by Crippen LogP contribution is -2.40. The number of rotatable bonds is 5. The molecule has 2 rings (SSSR count). The monoisotopic (exact) mass is 330 g/mol. The van der Waals surface area contributed by atoms with Crippen LogP contribution in [0.25, 0.3) is 0 Å². The topological polar surface area (TPSA) is 66.5 Å². The molecule has 0 aromatic heterocycles. The summed E-state index contributed by atoms with van der Waals surface area (Å²) >= 11 is 6.01. The third-order valence-corrected chi connectivity index (χ3v) is 5.80. The van der Waals surface area contributed by atoms with Gasteiger partial charge in [-0.25, -0.2) is 12.7 Å². The summed E-state index contributed by atoms with van der Waals surface area (Å²) in [5.41, 5.74) is 0.845. The van der Waals surface area contributed by atoms with E-state index in [1.54, 1.807) is 6.07 Å². The van der Waals surface area contributed by atoms with Gasteiger partial charge in [0, 0.05) is 31.1 Å². The fourth-order valence-corrected chi connectivity index (χ4v) is 4.05. The first kappa shape index (κ1) is 16.3. The maximum absolute atomic E-state index is 11.8. The number of benzene rings is 1. The first-order valence-electron chi connectivity index (χ1n) is 6.97. The lowest BCUT2D eigenvalue weighted by molar-refractivity contribution is -0.121. The molecule has 0 aliphatic carbocycles. The minimum atomic E-state index is -3.16. The normalized spacial score (nSPS) is 18.3. The van der Waals surface area contributed by atoms with Crippen LogP contribution in [0.4, 0.5) is 0 Å². The van der Waals surface area contributed by atoms with Crippen LogP contribution in [0.1, 0.15) is 24.8 Å². The Morgan fingerprint density at radius 3 is 2.76 bits per heavy atom. The summed E-state index contributed by atoms with van der Waals surface area (Å²) in [7, 11) is -3.16. The molecule has 1 aliphatic heterocycles. The number of nitrogens with zero attached hydrogens (tertiary/aromatic N) is 1. The second kappa shape index (κ2) is 7.24. The van der Waals surface area contributed by atoms with Crippen LogP contribution >= 0.6 is 11.6 Å².